The van der Waals surface area contributed by atoms with Crippen molar-refractivity contribution < 1.29 is 10.0 Å². The first-order chi connectivity index (χ1) is 8.11. The fourth-order valence-corrected chi connectivity index (χ4v) is 2.46. The van der Waals surface area contributed by atoms with E-state index < -0.39 is 0 Å². The maximum atomic E-state index is 11.9. The second-order valence-electron chi connectivity index (χ2n) is 4.22. The van der Waals surface area contributed by atoms with Crippen molar-refractivity contribution >= 4 is 23.1 Å². The van der Waals surface area contributed by atoms with Gasteiger partial charge in [0.25, 0.3) is 5.91 Å². The molecule has 6 heteroatoms. The molecule has 1 fully saturated rings. The van der Waals surface area contributed by atoms with Crippen molar-refractivity contribution in [2.24, 2.45) is 16.8 Å². The summed E-state index contributed by atoms with van der Waals surface area (Å²) < 4.78 is 0. The second-order valence-corrected chi connectivity index (χ2v) is 5.51. The van der Waals surface area contributed by atoms with Gasteiger partial charge in [-0.1, -0.05) is 5.16 Å². The van der Waals surface area contributed by atoms with Crippen molar-refractivity contribution in [2.45, 2.75) is 25.8 Å². The average molecular weight is 253 g/mol. The standard InChI is InChI=1S/C11H15N3O2S/c1-6-2-5-8(17-6)11(15)13-9(7-3-4-7)10(12)14-16/h2,5,7,9,16H,3-4H2,1H3,(H2,12,14)(H,13,15). The molecule has 1 aliphatic rings. The molecule has 0 aliphatic heterocycles. The topological polar surface area (TPSA) is 87.7 Å². The number of nitrogens with two attached hydrogens (primary N) is 1. The molecular formula is C11H15N3O2S. The van der Waals surface area contributed by atoms with Crippen LogP contribution >= 0.6 is 11.3 Å². The molecule has 17 heavy (non-hydrogen) atoms. The van der Waals surface area contributed by atoms with Gasteiger partial charge < -0.3 is 16.3 Å². The summed E-state index contributed by atoms with van der Waals surface area (Å²) in [5.41, 5.74) is 5.58. The number of hydrogen-bond acceptors (Lipinski definition) is 4. The van der Waals surface area contributed by atoms with E-state index in [0.29, 0.717) is 10.8 Å². The highest BCUT2D eigenvalue weighted by molar-refractivity contribution is 7.13. The molecular weight excluding hydrogens is 238 g/mol. The first kappa shape index (κ1) is 11.9. The number of oxime groups is 1. The maximum absolute atomic E-state index is 11.9. The van der Waals surface area contributed by atoms with E-state index >= 15 is 0 Å². The van der Waals surface area contributed by atoms with Crippen molar-refractivity contribution in [1.82, 2.24) is 5.32 Å². The number of carbonyl (C=O) groups is 1. The number of nitrogens with one attached hydrogen (secondary N) is 1. The third-order valence-corrected chi connectivity index (χ3v) is 3.78. The summed E-state index contributed by atoms with van der Waals surface area (Å²) in [4.78, 5) is 13.7. The molecule has 1 aromatic rings. The summed E-state index contributed by atoms with van der Waals surface area (Å²) in [5, 5.41) is 14.5. The van der Waals surface area contributed by atoms with Gasteiger partial charge in [0, 0.05) is 4.88 Å². The van der Waals surface area contributed by atoms with Crippen LogP contribution in [-0.4, -0.2) is 23.0 Å². The third-order valence-electron chi connectivity index (χ3n) is 2.78. The molecule has 0 aromatic carbocycles. The Hall–Kier alpha value is -1.56. The van der Waals surface area contributed by atoms with Crippen LogP contribution in [-0.2, 0) is 0 Å². The van der Waals surface area contributed by atoms with E-state index in [-0.39, 0.29) is 17.8 Å². The minimum absolute atomic E-state index is 0.0779. The van der Waals surface area contributed by atoms with Crippen molar-refractivity contribution in [3.8, 4) is 0 Å². The minimum Gasteiger partial charge on any atom is -0.409 e. The molecule has 5 nitrogen and oxygen atoms in total. The van der Waals surface area contributed by atoms with Gasteiger partial charge in [-0.3, -0.25) is 4.79 Å². The van der Waals surface area contributed by atoms with Gasteiger partial charge in [-0.05, 0) is 37.8 Å². The van der Waals surface area contributed by atoms with Gasteiger partial charge in [-0.15, -0.1) is 11.3 Å². The van der Waals surface area contributed by atoms with Crippen LogP contribution in [0.3, 0.4) is 0 Å². The zero-order chi connectivity index (χ0) is 12.4. The number of rotatable bonds is 4. The Morgan fingerprint density at radius 2 is 2.35 bits per heavy atom. The Labute approximate surface area is 103 Å². The Morgan fingerprint density at radius 1 is 1.65 bits per heavy atom. The SMILES string of the molecule is Cc1ccc(C(=O)NC(C(N)=NO)C2CC2)s1. The molecule has 1 amide bonds. The number of carbonyl (C=O) groups excluding carboxylic acids is 1. The van der Waals surface area contributed by atoms with Crippen LogP contribution in [0.1, 0.15) is 27.4 Å². The lowest BCUT2D eigenvalue weighted by Crippen LogP contribution is -2.45. The molecule has 0 bridgehead atoms. The van der Waals surface area contributed by atoms with Gasteiger partial charge in [0.1, 0.15) is 0 Å². The molecule has 1 atom stereocenters. The number of thiophene rings is 1. The molecule has 1 heterocycles. The monoisotopic (exact) mass is 253 g/mol. The van der Waals surface area contributed by atoms with E-state index in [4.69, 9.17) is 10.9 Å². The van der Waals surface area contributed by atoms with Crippen LogP contribution in [0.2, 0.25) is 0 Å². The summed E-state index contributed by atoms with van der Waals surface area (Å²) in [7, 11) is 0. The summed E-state index contributed by atoms with van der Waals surface area (Å²) in [6.07, 6.45) is 2.01. The predicted molar refractivity (Wildman–Crippen MR) is 66.4 cm³/mol. The van der Waals surface area contributed by atoms with E-state index in [1.807, 2.05) is 13.0 Å². The molecule has 2 rings (SSSR count). The van der Waals surface area contributed by atoms with Gasteiger partial charge in [-0.2, -0.15) is 0 Å². The summed E-state index contributed by atoms with van der Waals surface area (Å²) >= 11 is 1.43. The van der Waals surface area contributed by atoms with E-state index in [9.17, 15) is 4.79 Å². The van der Waals surface area contributed by atoms with Crippen molar-refractivity contribution in [3.05, 3.63) is 21.9 Å². The van der Waals surface area contributed by atoms with E-state index in [0.717, 1.165) is 17.7 Å². The Balaban J connectivity index is 2.05. The average Bonchev–Trinajstić information content (AvgIpc) is 3.06. The van der Waals surface area contributed by atoms with Crippen LogP contribution in [0.15, 0.2) is 17.3 Å². The predicted octanol–water partition coefficient (Wildman–Crippen LogP) is 1.31. The second kappa shape index (κ2) is 4.75. The number of amides is 1. The molecule has 1 aromatic heterocycles. The van der Waals surface area contributed by atoms with Gasteiger partial charge >= 0.3 is 0 Å². The first-order valence-corrected chi connectivity index (χ1v) is 6.28. The maximum Gasteiger partial charge on any atom is 0.261 e. The lowest BCUT2D eigenvalue weighted by Gasteiger charge is -2.15. The highest BCUT2D eigenvalue weighted by atomic mass is 32.1. The lowest BCUT2D eigenvalue weighted by atomic mass is 10.1. The van der Waals surface area contributed by atoms with Gasteiger partial charge in [-0.25, -0.2) is 0 Å². The molecule has 4 N–H and O–H groups in total. The van der Waals surface area contributed by atoms with Gasteiger partial charge in [0.2, 0.25) is 0 Å². The molecule has 0 radical (unpaired) electrons. The van der Waals surface area contributed by atoms with E-state index in [1.54, 1.807) is 6.07 Å². The van der Waals surface area contributed by atoms with Gasteiger partial charge in [0.15, 0.2) is 5.84 Å². The van der Waals surface area contributed by atoms with Crippen molar-refractivity contribution in [2.75, 3.05) is 0 Å². The van der Waals surface area contributed by atoms with Crippen LogP contribution in [0, 0.1) is 12.8 Å². The zero-order valence-corrected chi connectivity index (χ0v) is 10.3. The van der Waals surface area contributed by atoms with E-state index in [1.165, 1.54) is 11.3 Å². The third kappa shape index (κ3) is 2.76. The highest BCUT2D eigenvalue weighted by Gasteiger charge is 2.35. The molecule has 92 valence electrons. The molecule has 0 saturated heterocycles. The van der Waals surface area contributed by atoms with Crippen molar-refractivity contribution in [3.63, 3.8) is 0 Å². The quantitative estimate of drug-likeness (QED) is 0.327. The minimum atomic E-state index is -0.352. The fourth-order valence-electron chi connectivity index (χ4n) is 1.69. The lowest BCUT2D eigenvalue weighted by molar-refractivity contribution is 0.0947. The smallest absolute Gasteiger partial charge is 0.261 e. The Kier molecular flexibility index (Phi) is 3.33. The van der Waals surface area contributed by atoms with Crippen molar-refractivity contribution in [1.29, 1.82) is 0 Å². The van der Waals surface area contributed by atoms with Crippen LogP contribution < -0.4 is 11.1 Å². The highest BCUT2D eigenvalue weighted by Crippen LogP contribution is 2.33. The summed E-state index contributed by atoms with van der Waals surface area (Å²) in [6.45, 7) is 1.95. The van der Waals surface area contributed by atoms with Gasteiger partial charge in [0.05, 0.1) is 10.9 Å². The Morgan fingerprint density at radius 3 is 2.82 bits per heavy atom. The van der Waals surface area contributed by atoms with Crippen LogP contribution in [0.5, 0.6) is 0 Å². The number of amidine groups is 1. The normalized spacial score (nSPS) is 17.8. The molecule has 1 saturated carbocycles. The first-order valence-electron chi connectivity index (χ1n) is 5.46. The number of nitrogens with zero attached hydrogens (tertiary/aromatic N) is 1. The largest absolute Gasteiger partial charge is 0.409 e. The fraction of sp³-hybridized carbons (Fsp3) is 0.455. The molecule has 1 unspecified atom stereocenters. The number of aryl methyl sites for hydroxylation is 1. The van der Waals surface area contributed by atoms with Crippen LogP contribution in [0.25, 0.3) is 0 Å². The summed E-state index contributed by atoms with van der Waals surface area (Å²) in [5.74, 6) is 0.219. The Bertz CT molecular complexity index is 451. The molecule has 1 aliphatic carbocycles. The summed E-state index contributed by atoms with van der Waals surface area (Å²) in [6, 6.07) is 3.33. The van der Waals surface area contributed by atoms with Crippen LogP contribution in [0.4, 0.5) is 0 Å². The zero-order valence-electron chi connectivity index (χ0n) is 9.51. The van der Waals surface area contributed by atoms with E-state index in [2.05, 4.69) is 10.5 Å². The molecule has 0 spiro atoms. The number of hydrogen-bond donors (Lipinski definition) is 3.